The van der Waals surface area contributed by atoms with Crippen LogP contribution in [0.25, 0.3) is 6.08 Å². The van der Waals surface area contributed by atoms with Crippen LogP contribution in [0.3, 0.4) is 0 Å². The van der Waals surface area contributed by atoms with E-state index < -0.39 is 0 Å². The Labute approximate surface area is 128 Å². The Morgan fingerprint density at radius 1 is 1.24 bits per heavy atom. The molecule has 4 nitrogen and oxygen atoms in total. The normalized spacial score (nSPS) is 10.6. The number of anilines is 2. The first-order chi connectivity index (χ1) is 10.0. The lowest BCUT2D eigenvalue weighted by Gasteiger charge is -2.08. The minimum Gasteiger partial charge on any atom is -0.397 e. The highest BCUT2D eigenvalue weighted by Crippen LogP contribution is 2.19. The van der Waals surface area contributed by atoms with Crippen molar-refractivity contribution in [2.45, 2.75) is 6.92 Å². The molecule has 0 aliphatic heterocycles. The molecule has 0 atom stereocenters. The van der Waals surface area contributed by atoms with Crippen LogP contribution in [0.4, 0.5) is 16.2 Å². The zero-order valence-corrected chi connectivity index (χ0v) is 12.3. The maximum absolute atomic E-state index is 11.8. The predicted molar refractivity (Wildman–Crippen MR) is 88.2 cm³/mol. The molecule has 0 radical (unpaired) electrons. The standard InChI is InChI=1S/C16H16ClN3O/c1-11-5-6-14(18)15(9-11)20-16(21)19-8-7-12-3-2-4-13(17)10-12/h2-10H,18H2,1H3,(H2,19,20,21)/b8-7+. The minimum atomic E-state index is -0.356. The van der Waals surface area contributed by atoms with Crippen molar-refractivity contribution in [3.05, 3.63) is 64.8 Å². The van der Waals surface area contributed by atoms with Gasteiger partial charge in [-0.1, -0.05) is 29.8 Å². The van der Waals surface area contributed by atoms with E-state index in [2.05, 4.69) is 10.6 Å². The lowest BCUT2D eigenvalue weighted by atomic mass is 10.2. The van der Waals surface area contributed by atoms with Gasteiger partial charge < -0.3 is 16.4 Å². The van der Waals surface area contributed by atoms with E-state index in [1.807, 2.05) is 31.2 Å². The number of nitrogens with two attached hydrogens (primary N) is 1. The monoisotopic (exact) mass is 301 g/mol. The van der Waals surface area contributed by atoms with Crippen LogP contribution in [0, 0.1) is 6.92 Å². The van der Waals surface area contributed by atoms with Gasteiger partial charge in [0.15, 0.2) is 0 Å². The number of urea groups is 1. The van der Waals surface area contributed by atoms with E-state index in [-0.39, 0.29) is 6.03 Å². The average molecular weight is 302 g/mol. The second kappa shape index (κ2) is 6.81. The van der Waals surface area contributed by atoms with Crippen LogP contribution in [-0.2, 0) is 0 Å². The van der Waals surface area contributed by atoms with Crippen molar-refractivity contribution >= 4 is 35.1 Å². The van der Waals surface area contributed by atoms with Crippen LogP contribution in [0.15, 0.2) is 48.7 Å². The molecule has 5 heteroatoms. The van der Waals surface area contributed by atoms with Gasteiger partial charge in [0.1, 0.15) is 0 Å². The molecule has 21 heavy (non-hydrogen) atoms. The molecular weight excluding hydrogens is 286 g/mol. The van der Waals surface area contributed by atoms with Crippen LogP contribution < -0.4 is 16.4 Å². The van der Waals surface area contributed by atoms with E-state index in [4.69, 9.17) is 17.3 Å². The van der Waals surface area contributed by atoms with E-state index in [0.29, 0.717) is 16.4 Å². The van der Waals surface area contributed by atoms with Gasteiger partial charge in [0.25, 0.3) is 0 Å². The van der Waals surface area contributed by atoms with Crippen LogP contribution in [-0.4, -0.2) is 6.03 Å². The maximum Gasteiger partial charge on any atom is 0.323 e. The van der Waals surface area contributed by atoms with Gasteiger partial charge in [0, 0.05) is 11.2 Å². The molecule has 2 rings (SSSR count). The zero-order chi connectivity index (χ0) is 15.2. The summed E-state index contributed by atoms with van der Waals surface area (Å²) >= 11 is 5.88. The highest BCUT2D eigenvalue weighted by molar-refractivity contribution is 6.30. The molecule has 0 saturated carbocycles. The zero-order valence-electron chi connectivity index (χ0n) is 11.6. The number of nitrogens with one attached hydrogen (secondary N) is 2. The van der Waals surface area contributed by atoms with Crippen LogP contribution >= 0.6 is 11.6 Å². The molecule has 0 saturated heterocycles. The SMILES string of the molecule is Cc1ccc(N)c(NC(=O)N/C=C/c2cccc(Cl)c2)c1. The molecule has 0 aliphatic rings. The summed E-state index contributed by atoms with van der Waals surface area (Å²) in [5, 5.41) is 5.96. The van der Waals surface area contributed by atoms with E-state index in [1.165, 1.54) is 0 Å². The number of nitrogen functional groups attached to an aromatic ring is 1. The molecule has 4 N–H and O–H groups in total. The second-order valence-corrected chi connectivity index (χ2v) is 5.01. The van der Waals surface area contributed by atoms with E-state index in [0.717, 1.165) is 11.1 Å². The third-order valence-electron chi connectivity index (χ3n) is 2.80. The summed E-state index contributed by atoms with van der Waals surface area (Å²) in [4.78, 5) is 11.8. The average Bonchev–Trinajstić information content (AvgIpc) is 2.43. The molecule has 2 aromatic rings. The summed E-state index contributed by atoms with van der Waals surface area (Å²) in [6, 6.07) is 12.4. The Morgan fingerprint density at radius 3 is 2.81 bits per heavy atom. The molecule has 108 valence electrons. The third kappa shape index (κ3) is 4.54. The van der Waals surface area contributed by atoms with Crippen LogP contribution in [0.5, 0.6) is 0 Å². The third-order valence-corrected chi connectivity index (χ3v) is 3.03. The van der Waals surface area contributed by atoms with Gasteiger partial charge in [-0.2, -0.15) is 0 Å². The number of hydrogen-bond acceptors (Lipinski definition) is 2. The molecule has 0 fully saturated rings. The number of carbonyl (C=O) groups is 1. The number of rotatable bonds is 3. The van der Waals surface area contributed by atoms with E-state index in [9.17, 15) is 4.79 Å². The Bertz CT molecular complexity index is 683. The number of aryl methyl sites for hydroxylation is 1. The number of benzene rings is 2. The van der Waals surface area contributed by atoms with Gasteiger partial charge in [0.05, 0.1) is 11.4 Å². The number of halogens is 1. The Hall–Kier alpha value is -2.46. The highest BCUT2D eigenvalue weighted by atomic mass is 35.5. The first-order valence-electron chi connectivity index (χ1n) is 6.40. The van der Waals surface area contributed by atoms with Crippen molar-refractivity contribution < 1.29 is 4.79 Å². The van der Waals surface area contributed by atoms with Crippen molar-refractivity contribution in [1.82, 2.24) is 5.32 Å². The summed E-state index contributed by atoms with van der Waals surface area (Å²) in [7, 11) is 0. The molecule has 0 aliphatic carbocycles. The van der Waals surface area contributed by atoms with Crippen molar-refractivity contribution in [3.63, 3.8) is 0 Å². The summed E-state index contributed by atoms with van der Waals surface area (Å²) < 4.78 is 0. The molecule has 0 aromatic heterocycles. The molecule has 2 aromatic carbocycles. The van der Waals surface area contributed by atoms with Gasteiger partial charge in [-0.25, -0.2) is 4.79 Å². The van der Waals surface area contributed by atoms with Crippen molar-refractivity contribution in [3.8, 4) is 0 Å². The fourth-order valence-electron chi connectivity index (χ4n) is 1.76. The van der Waals surface area contributed by atoms with Gasteiger partial charge >= 0.3 is 6.03 Å². The Morgan fingerprint density at radius 2 is 2.05 bits per heavy atom. The van der Waals surface area contributed by atoms with Crippen molar-refractivity contribution in [1.29, 1.82) is 0 Å². The van der Waals surface area contributed by atoms with Gasteiger partial charge in [-0.05, 0) is 48.4 Å². The molecular formula is C16H16ClN3O. The maximum atomic E-state index is 11.8. The quantitative estimate of drug-likeness (QED) is 0.749. The number of carbonyl (C=O) groups excluding carboxylic acids is 1. The van der Waals surface area contributed by atoms with Gasteiger partial charge in [0.2, 0.25) is 0 Å². The minimum absolute atomic E-state index is 0.356. The Balaban J connectivity index is 1.94. The summed E-state index contributed by atoms with van der Waals surface area (Å²) in [6.45, 7) is 1.93. The van der Waals surface area contributed by atoms with Crippen LogP contribution in [0.1, 0.15) is 11.1 Å². The van der Waals surface area contributed by atoms with E-state index >= 15 is 0 Å². The van der Waals surface area contributed by atoms with Gasteiger partial charge in [-0.3, -0.25) is 0 Å². The highest BCUT2D eigenvalue weighted by Gasteiger charge is 2.03. The smallest absolute Gasteiger partial charge is 0.323 e. The summed E-state index contributed by atoms with van der Waals surface area (Å²) in [5.74, 6) is 0. The molecule has 0 heterocycles. The number of hydrogen-bond donors (Lipinski definition) is 3. The lowest BCUT2D eigenvalue weighted by Crippen LogP contribution is -2.24. The summed E-state index contributed by atoms with van der Waals surface area (Å²) in [6.07, 6.45) is 3.30. The molecule has 0 unspecified atom stereocenters. The first kappa shape index (κ1) is 14.9. The topological polar surface area (TPSA) is 67.1 Å². The van der Waals surface area contributed by atoms with E-state index in [1.54, 1.807) is 30.5 Å². The fraction of sp³-hybridized carbons (Fsp3) is 0.0625. The lowest BCUT2D eigenvalue weighted by molar-refractivity contribution is 0.255. The summed E-state index contributed by atoms with van der Waals surface area (Å²) in [5.41, 5.74) is 8.83. The van der Waals surface area contributed by atoms with Gasteiger partial charge in [-0.15, -0.1) is 0 Å². The van der Waals surface area contributed by atoms with Crippen LogP contribution in [0.2, 0.25) is 5.02 Å². The molecule has 0 spiro atoms. The fourth-order valence-corrected chi connectivity index (χ4v) is 1.96. The Kier molecular flexibility index (Phi) is 4.85. The predicted octanol–water partition coefficient (Wildman–Crippen LogP) is 4.02. The molecule has 2 amide bonds. The first-order valence-corrected chi connectivity index (χ1v) is 6.78. The largest absolute Gasteiger partial charge is 0.397 e. The molecule has 0 bridgehead atoms. The second-order valence-electron chi connectivity index (χ2n) is 4.58. The number of amides is 2. The van der Waals surface area contributed by atoms with Crippen molar-refractivity contribution in [2.75, 3.05) is 11.1 Å². The van der Waals surface area contributed by atoms with Crippen molar-refractivity contribution in [2.24, 2.45) is 0 Å².